The summed E-state index contributed by atoms with van der Waals surface area (Å²) in [5.74, 6) is -0.0592. The monoisotopic (exact) mass is 442 g/mol. The van der Waals surface area contributed by atoms with E-state index < -0.39 is 5.41 Å². The van der Waals surface area contributed by atoms with Crippen LogP contribution in [-0.2, 0) is 20.9 Å². The number of carboxylic acid groups (broad SMARTS) is 1. The molecule has 2 aliphatic heterocycles. The van der Waals surface area contributed by atoms with Gasteiger partial charge in [-0.15, -0.1) is 0 Å². The second kappa shape index (κ2) is 10.4. The first-order valence-corrected chi connectivity index (χ1v) is 10.7. The average Bonchev–Trinajstić information content (AvgIpc) is 3.36. The molecule has 0 saturated carbocycles. The van der Waals surface area contributed by atoms with Crippen molar-refractivity contribution < 1.29 is 24.2 Å². The second-order valence-corrected chi connectivity index (χ2v) is 8.58. The van der Waals surface area contributed by atoms with Crippen molar-refractivity contribution in [1.29, 1.82) is 0 Å². The lowest BCUT2D eigenvalue weighted by Gasteiger charge is -2.36. The minimum Gasteiger partial charge on any atom is -0.483 e. The minimum absolute atomic E-state index is 0.0263. The maximum absolute atomic E-state index is 13.0. The van der Waals surface area contributed by atoms with E-state index in [1.807, 2.05) is 65.1 Å². The van der Waals surface area contributed by atoms with Crippen molar-refractivity contribution in [2.75, 3.05) is 33.7 Å². The summed E-state index contributed by atoms with van der Waals surface area (Å²) < 4.78 is 7.46. The fraction of sp³-hybridized carbons (Fsp3) is 0.478. The Morgan fingerprint density at radius 1 is 1.31 bits per heavy atom. The molecule has 3 heterocycles. The molecule has 172 valence electrons. The predicted octanol–water partition coefficient (Wildman–Crippen LogP) is 1.73. The molecule has 2 fully saturated rings. The maximum Gasteiger partial charge on any atom is 0.312 e. The molecule has 1 unspecified atom stereocenters. The van der Waals surface area contributed by atoms with Gasteiger partial charge in [-0.3, -0.25) is 19.1 Å². The van der Waals surface area contributed by atoms with E-state index in [-0.39, 0.29) is 24.5 Å². The van der Waals surface area contributed by atoms with Crippen molar-refractivity contribution in [2.24, 2.45) is 5.41 Å². The Bertz CT molecular complexity index is 920. The molecular formula is C23H30N4O5. The van der Waals surface area contributed by atoms with E-state index in [4.69, 9.17) is 14.6 Å². The van der Waals surface area contributed by atoms with Crippen LogP contribution in [0.15, 0.2) is 42.7 Å². The summed E-state index contributed by atoms with van der Waals surface area (Å²) in [4.78, 5) is 37.8. The molecule has 9 heteroatoms. The zero-order valence-electron chi connectivity index (χ0n) is 18.5. The van der Waals surface area contributed by atoms with Crippen molar-refractivity contribution >= 4 is 18.3 Å². The standard InChI is InChI=1S/C22H28N4O3.CH2O2/c1-24(2)16-19-14-22(21(28)29-19)7-11-25(12-8-22)20(27)18-6-3-5-17(13-18)15-26-10-4-9-23-26;2-1-3/h3-6,9-10,13,19H,7-8,11-12,14-16H2,1-2H3;1H,(H,2,3). The van der Waals surface area contributed by atoms with Crippen molar-refractivity contribution in [3.8, 4) is 0 Å². The third kappa shape index (κ3) is 5.53. The van der Waals surface area contributed by atoms with Gasteiger partial charge >= 0.3 is 5.97 Å². The zero-order valence-corrected chi connectivity index (χ0v) is 18.5. The molecule has 0 aliphatic carbocycles. The van der Waals surface area contributed by atoms with Gasteiger partial charge in [0.1, 0.15) is 6.10 Å². The van der Waals surface area contributed by atoms with Gasteiger partial charge in [-0.1, -0.05) is 12.1 Å². The predicted molar refractivity (Wildman–Crippen MR) is 117 cm³/mol. The number of carbonyl (C=O) groups is 3. The highest BCUT2D eigenvalue weighted by Crippen LogP contribution is 2.43. The van der Waals surface area contributed by atoms with Crippen LogP contribution in [0.2, 0.25) is 0 Å². The largest absolute Gasteiger partial charge is 0.483 e. The molecule has 2 aromatic rings. The average molecular weight is 443 g/mol. The van der Waals surface area contributed by atoms with Gasteiger partial charge < -0.3 is 19.6 Å². The number of carbonyl (C=O) groups excluding carboxylic acids is 2. The van der Waals surface area contributed by atoms with Crippen LogP contribution in [0.3, 0.4) is 0 Å². The number of esters is 1. The Morgan fingerprint density at radius 3 is 2.66 bits per heavy atom. The summed E-state index contributed by atoms with van der Waals surface area (Å²) in [7, 11) is 3.97. The lowest BCUT2D eigenvalue weighted by Crippen LogP contribution is -2.45. The van der Waals surface area contributed by atoms with E-state index in [9.17, 15) is 9.59 Å². The van der Waals surface area contributed by atoms with Crippen molar-refractivity contribution in [1.82, 2.24) is 19.6 Å². The molecule has 0 radical (unpaired) electrons. The normalized spacial score (nSPS) is 19.4. The maximum atomic E-state index is 13.0. The van der Waals surface area contributed by atoms with Gasteiger partial charge in [0.2, 0.25) is 0 Å². The van der Waals surface area contributed by atoms with E-state index in [2.05, 4.69) is 5.10 Å². The SMILES string of the molecule is CN(C)CC1CC2(CCN(C(=O)c3cccc(Cn4cccn4)c3)CC2)C(=O)O1.O=CO. The van der Waals surface area contributed by atoms with Crippen LogP contribution in [0.1, 0.15) is 35.2 Å². The number of piperidine rings is 1. The number of benzene rings is 1. The van der Waals surface area contributed by atoms with Crippen LogP contribution in [0.4, 0.5) is 0 Å². The summed E-state index contributed by atoms with van der Waals surface area (Å²) in [6, 6.07) is 9.60. The number of amides is 1. The molecule has 1 aromatic heterocycles. The summed E-state index contributed by atoms with van der Waals surface area (Å²) in [6.45, 7) is 2.31. The second-order valence-electron chi connectivity index (χ2n) is 8.58. The Labute approximate surface area is 187 Å². The molecule has 9 nitrogen and oxygen atoms in total. The van der Waals surface area contributed by atoms with Crippen molar-refractivity contribution in [3.63, 3.8) is 0 Å². The summed E-state index contributed by atoms with van der Waals surface area (Å²) in [5, 5.41) is 11.1. The van der Waals surface area contributed by atoms with Crippen LogP contribution in [-0.4, -0.2) is 82.9 Å². The third-order valence-electron chi connectivity index (χ3n) is 5.98. The van der Waals surface area contributed by atoms with Crippen LogP contribution >= 0.6 is 0 Å². The number of likely N-dealkylation sites (tertiary alicyclic amines) is 1. The van der Waals surface area contributed by atoms with E-state index in [0.29, 0.717) is 38.0 Å². The number of aromatic nitrogens is 2. The number of nitrogens with zero attached hydrogens (tertiary/aromatic N) is 4. The van der Waals surface area contributed by atoms with Gasteiger partial charge in [0.05, 0.1) is 12.0 Å². The highest BCUT2D eigenvalue weighted by Gasteiger charge is 2.50. The van der Waals surface area contributed by atoms with Gasteiger partial charge in [-0.25, -0.2) is 0 Å². The van der Waals surface area contributed by atoms with E-state index in [0.717, 1.165) is 18.5 Å². The van der Waals surface area contributed by atoms with Crippen LogP contribution in [0.25, 0.3) is 0 Å². The van der Waals surface area contributed by atoms with Gasteiger partial charge in [0.25, 0.3) is 12.4 Å². The van der Waals surface area contributed by atoms with E-state index >= 15 is 0 Å². The first-order valence-electron chi connectivity index (χ1n) is 10.7. The molecule has 1 aromatic carbocycles. The molecule has 2 aliphatic rings. The van der Waals surface area contributed by atoms with Crippen molar-refractivity contribution in [2.45, 2.75) is 31.9 Å². The van der Waals surface area contributed by atoms with E-state index in [1.54, 1.807) is 6.20 Å². The first-order chi connectivity index (χ1) is 15.4. The topological polar surface area (TPSA) is 105 Å². The Balaban J connectivity index is 0.000000913. The van der Waals surface area contributed by atoms with Gasteiger partial charge in [0.15, 0.2) is 0 Å². The fourth-order valence-corrected chi connectivity index (χ4v) is 4.46. The molecule has 1 spiro atoms. The van der Waals surface area contributed by atoms with Gasteiger partial charge in [-0.2, -0.15) is 5.10 Å². The number of cyclic esters (lactones) is 1. The highest BCUT2D eigenvalue weighted by molar-refractivity contribution is 5.94. The molecular weight excluding hydrogens is 412 g/mol. The first kappa shape index (κ1) is 23.5. The molecule has 32 heavy (non-hydrogen) atoms. The highest BCUT2D eigenvalue weighted by atomic mass is 16.6. The summed E-state index contributed by atoms with van der Waals surface area (Å²) in [5.41, 5.74) is 1.31. The molecule has 1 N–H and O–H groups in total. The molecule has 0 bridgehead atoms. The number of likely N-dealkylation sites (N-methyl/N-ethyl adjacent to an activating group) is 1. The molecule has 1 atom stereocenters. The molecule has 1 amide bonds. The minimum atomic E-state index is -0.417. The van der Waals surface area contributed by atoms with E-state index in [1.165, 1.54) is 0 Å². The summed E-state index contributed by atoms with van der Waals surface area (Å²) >= 11 is 0. The summed E-state index contributed by atoms with van der Waals surface area (Å²) in [6.07, 6.45) is 5.71. The lowest BCUT2D eigenvalue weighted by molar-refractivity contribution is -0.150. The fourth-order valence-electron chi connectivity index (χ4n) is 4.46. The number of ether oxygens (including phenoxy) is 1. The molecule has 4 rings (SSSR count). The number of hydrogen-bond acceptors (Lipinski definition) is 6. The molecule has 2 saturated heterocycles. The van der Waals surface area contributed by atoms with Crippen LogP contribution < -0.4 is 0 Å². The van der Waals surface area contributed by atoms with Crippen LogP contribution in [0.5, 0.6) is 0 Å². The zero-order chi connectivity index (χ0) is 23.1. The third-order valence-corrected chi connectivity index (χ3v) is 5.98. The smallest absolute Gasteiger partial charge is 0.312 e. The quantitative estimate of drug-likeness (QED) is 0.555. The van der Waals surface area contributed by atoms with Crippen molar-refractivity contribution in [3.05, 3.63) is 53.9 Å². The Morgan fingerprint density at radius 2 is 2.03 bits per heavy atom. The van der Waals surface area contributed by atoms with Gasteiger partial charge in [-0.05, 0) is 50.7 Å². The number of hydrogen-bond donors (Lipinski definition) is 1. The van der Waals surface area contributed by atoms with Gasteiger partial charge in [0, 0.05) is 44.0 Å². The lowest BCUT2D eigenvalue weighted by atomic mass is 9.76. The Hall–Kier alpha value is -3.20. The number of rotatable bonds is 5. The Kier molecular flexibility index (Phi) is 7.63. The van der Waals surface area contributed by atoms with Crippen LogP contribution in [0, 0.1) is 5.41 Å².